The third-order valence-corrected chi connectivity index (χ3v) is 5.14. The normalized spacial score (nSPS) is 12.8. The van der Waals surface area contributed by atoms with Crippen molar-refractivity contribution in [3.05, 3.63) is 71.8 Å². The largest absolute Gasteiger partial charge is 0.461 e. The highest BCUT2D eigenvalue weighted by atomic mass is 16.6. The molecule has 8 nitrogen and oxygen atoms in total. The van der Waals surface area contributed by atoms with Gasteiger partial charge in [-0.1, -0.05) is 60.7 Å². The topological polar surface area (TPSA) is 103 Å². The van der Waals surface area contributed by atoms with E-state index in [9.17, 15) is 14.4 Å². The summed E-state index contributed by atoms with van der Waals surface area (Å²) in [5, 5.41) is 5.95. The molecule has 0 fully saturated rings. The Morgan fingerprint density at radius 3 is 1.94 bits per heavy atom. The fourth-order valence-corrected chi connectivity index (χ4v) is 3.42. The van der Waals surface area contributed by atoms with Crippen LogP contribution >= 0.6 is 0 Å². The van der Waals surface area contributed by atoms with Crippen LogP contribution in [-0.2, 0) is 37.0 Å². The predicted octanol–water partition coefficient (Wildman–Crippen LogP) is 4.37. The third kappa shape index (κ3) is 12.4. The second-order valence-corrected chi connectivity index (χ2v) is 9.66. The van der Waals surface area contributed by atoms with E-state index in [4.69, 9.17) is 14.2 Å². The van der Waals surface area contributed by atoms with Gasteiger partial charge in [-0.05, 0) is 45.2 Å². The van der Waals surface area contributed by atoms with Gasteiger partial charge in [-0.25, -0.2) is 4.79 Å². The molecule has 0 saturated carbocycles. The average molecular weight is 499 g/mol. The van der Waals surface area contributed by atoms with Gasteiger partial charge in [0.1, 0.15) is 18.8 Å². The zero-order valence-electron chi connectivity index (χ0n) is 21.6. The second-order valence-electron chi connectivity index (χ2n) is 9.66. The maximum absolute atomic E-state index is 12.9. The molecule has 1 amide bonds. The molecule has 0 bridgehead atoms. The highest BCUT2D eigenvalue weighted by Gasteiger charge is 2.26. The molecule has 2 N–H and O–H groups in total. The number of ether oxygens (including phenoxy) is 3. The lowest BCUT2D eigenvalue weighted by atomic mass is 9.97. The fraction of sp³-hybridized carbons (Fsp3) is 0.464. The SMILES string of the molecule is CC(CC(CC(=O)OCc1ccccc1)C(=O)OCc1ccccc1)NCCNC(=O)OC(C)(C)C. The van der Waals surface area contributed by atoms with E-state index in [1.54, 1.807) is 20.8 Å². The Balaban J connectivity index is 1.86. The molecule has 0 aromatic heterocycles. The van der Waals surface area contributed by atoms with Gasteiger partial charge < -0.3 is 24.8 Å². The average Bonchev–Trinajstić information content (AvgIpc) is 2.84. The monoisotopic (exact) mass is 498 g/mol. The van der Waals surface area contributed by atoms with Crippen LogP contribution in [0.3, 0.4) is 0 Å². The number of amides is 1. The first-order valence-corrected chi connectivity index (χ1v) is 12.2. The van der Waals surface area contributed by atoms with E-state index in [1.165, 1.54) is 0 Å². The van der Waals surface area contributed by atoms with E-state index in [0.29, 0.717) is 19.5 Å². The lowest BCUT2D eigenvalue weighted by Crippen LogP contribution is -2.39. The van der Waals surface area contributed by atoms with Crippen LogP contribution in [0.15, 0.2) is 60.7 Å². The Morgan fingerprint density at radius 2 is 1.39 bits per heavy atom. The molecule has 0 saturated heterocycles. The lowest BCUT2D eigenvalue weighted by molar-refractivity contribution is -0.157. The summed E-state index contributed by atoms with van der Waals surface area (Å²) in [6.45, 7) is 8.44. The third-order valence-electron chi connectivity index (χ3n) is 5.14. The highest BCUT2D eigenvalue weighted by molar-refractivity contribution is 5.80. The van der Waals surface area contributed by atoms with Gasteiger partial charge in [0.2, 0.25) is 0 Å². The van der Waals surface area contributed by atoms with Gasteiger partial charge in [-0.3, -0.25) is 9.59 Å². The molecule has 2 atom stereocenters. The molecule has 8 heteroatoms. The molecule has 0 aliphatic carbocycles. The van der Waals surface area contributed by atoms with Crippen LogP contribution in [0.5, 0.6) is 0 Å². The van der Waals surface area contributed by atoms with Crippen molar-refractivity contribution >= 4 is 18.0 Å². The standard InChI is InChI=1S/C28H38N2O6/c1-21(29-15-16-30-27(33)36-28(2,3)4)17-24(26(32)35-20-23-13-9-6-10-14-23)18-25(31)34-19-22-11-7-5-8-12-22/h5-14,21,24,29H,15-20H2,1-4H3,(H,30,33). The van der Waals surface area contributed by atoms with Gasteiger partial charge in [0.15, 0.2) is 0 Å². The Bertz CT molecular complexity index is 944. The van der Waals surface area contributed by atoms with Gasteiger partial charge in [-0.2, -0.15) is 0 Å². The molecular weight excluding hydrogens is 460 g/mol. The summed E-state index contributed by atoms with van der Waals surface area (Å²) in [7, 11) is 0. The predicted molar refractivity (Wildman–Crippen MR) is 137 cm³/mol. The van der Waals surface area contributed by atoms with Crippen LogP contribution in [0, 0.1) is 5.92 Å². The van der Waals surface area contributed by atoms with Gasteiger partial charge >= 0.3 is 18.0 Å². The number of alkyl carbamates (subject to hydrolysis) is 1. The number of rotatable bonds is 13. The molecule has 2 rings (SSSR count). The van der Waals surface area contributed by atoms with Crippen molar-refractivity contribution < 1.29 is 28.6 Å². The van der Waals surface area contributed by atoms with Crippen molar-refractivity contribution in [3.8, 4) is 0 Å². The van der Waals surface area contributed by atoms with Crippen molar-refractivity contribution in [2.45, 2.75) is 65.4 Å². The quantitative estimate of drug-likeness (QED) is 0.240. The number of carbonyl (C=O) groups excluding carboxylic acids is 3. The molecule has 2 aromatic carbocycles. The van der Waals surface area contributed by atoms with Gasteiger partial charge in [0.05, 0.1) is 12.3 Å². The van der Waals surface area contributed by atoms with E-state index in [0.717, 1.165) is 11.1 Å². The van der Waals surface area contributed by atoms with E-state index in [2.05, 4.69) is 10.6 Å². The molecule has 2 aromatic rings. The Hall–Kier alpha value is -3.39. The molecule has 0 radical (unpaired) electrons. The Morgan fingerprint density at radius 1 is 0.833 bits per heavy atom. The van der Waals surface area contributed by atoms with E-state index in [1.807, 2.05) is 67.6 Å². The molecule has 0 heterocycles. The van der Waals surface area contributed by atoms with Crippen molar-refractivity contribution in [3.63, 3.8) is 0 Å². The second kappa shape index (κ2) is 14.9. The zero-order valence-corrected chi connectivity index (χ0v) is 21.6. The summed E-state index contributed by atoms with van der Waals surface area (Å²) in [5.74, 6) is -1.58. The fourth-order valence-electron chi connectivity index (χ4n) is 3.42. The van der Waals surface area contributed by atoms with Gasteiger partial charge in [-0.15, -0.1) is 0 Å². The van der Waals surface area contributed by atoms with E-state index in [-0.39, 0.29) is 25.7 Å². The van der Waals surface area contributed by atoms with Crippen molar-refractivity contribution in [1.82, 2.24) is 10.6 Å². The van der Waals surface area contributed by atoms with Crippen LogP contribution in [0.1, 0.15) is 51.7 Å². The molecule has 0 spiro atoms. The van der Waals surface area contributed by atoms with Crippen LogP contribution < -0.4 is 10.6 Å². The lowest BCUT2D eigenvalue weighted by Gasteiger charge is -2.22. The van der Waals surface area contributed by atoms with Crippen molar-refractivity contribution in [2.24, 2.45) is 5.92 Å². The number of esters is 2. The first kappa shape index (κ1) is 28.8. The first-order valence-electron chi connectivity index (χ1n) is 12.2. The summed E-state index contributed by atoms with van der Waals surface area (Å²) in [6, 6.07) is 18.7. The summed E-state index contributed by atoms with van der Waals surface area (Å²) in [5.41, 5.74) is 1.19. The van der Waals surface area contributed by atoms with Crippen LogP contribution in [-0.4, -0.2) is 42.8 Å². The zero-order chi connectivity index (χ0) is 26.4. The number of hydrogen-bond donors (Lipinski definition) is 2. The Kier molecular flexibility index (Phi) is 11.9. The highest BCUT2D eigenvalue weighted by Crippen LogP contribution is 2.17. The van der Waals surface area contributed by atoms with Gasteiger partial charge in [0, 0.05) is 19.1 Å². The van der Waals surface area contributed by atoms with Crippen molar-refractivity contribution in [2.75, 3.05) is 13.1 Å². The number of hydrogen-bond acceptors (Lipinski definition) is 7. The number of nitrogens with one attached hydrogen (secondary N) is 2. The minimum atomic E-state index is -0.668. The summed E-state index contributed by atoms with van der Waals surface area (Å²) in [6.07, 6.45) is -0.191. The maximum atomic E-state index is 12.9. The van der Waals surface area contributed by atoms with Gasteiger partial charge in [0.25, 0.3) is 0 Å². The minimum absolute atomic E-state index is 0.0807. The van der Waals surface area contributed by atoms with E-state index >= 15 is 0 Å². The van der Waals surface area contributed by atoms with Crippen LogP contribution in [0.4, 0.5) is 4.79 Å². The minimum Gasteiger partial charge on any atom is -0.461 e. The smallest absolute Gasteiger partial charge is 0.407 e. The molecular formula is C28H38N2O6. The number of carbonyl (C=O) groups is 3. The maximum Gasteiger partial charge on any atom is 0.407 e. The van der Waals surface area contributed by atoms with Crippen LogP contribution in [0.25, 0.3) is 0 Å². The molecule has 196 valence electrons. The van der Waals surface area contributed by atoms with E-state index < -0.39 is 29.6 Å². The molecule has 0 aliphatic heterocycles. The molecule has 2 unspecified atom stereocenters. The van der Waals surface area contributed by atoms with Crippen LogP contribution in [0.2, 0.25) is 0 Å². The van der Waals surface area contributed by atoms with Crippen molar-refractivity contribution in [1.29, 1.82) is 0 Å². The first-order chi connectivity index (χ1) is 17.1. The molecule has 0 aliphatic rings. The Labute approximate surface area is 213 Å². The summed E-state index contributed by atoms with van der Waals surface area (Å²) < 4.78 is 16.1. The summed E-state index contributed by atoms with van der Waals surface area (Å²) in [4.78, 5) is 37.2. The summed E-state index contributed by atoms with van der Waals surface area (Å²) >= 11 is 0. The molecule has 36 heavy (non-hydrogen) atoms. The number of benzene rings is 2.